The highest BCUT2D eigenvalue weighted by molar-refractivity contribution is 5.29. The van der Waals surface area contributed by atoms with Crippen LogP contribution in [0.4, 0.5) is 5.95 Å². The highest BCUT2D eigenvalue weighted by Crippen LogP contribution is 2.10. The van der Waals surface area contributed by atoms with Gasteiger partial charge in [-0.2, -0.15) is 0 Å². The van der Waals surface area contributed by atoms with Gasteiger partial charge in [-0.05, 0) is 27.2 Å². The predicted molar refractivity (Wildman–Crippen MR) is 56.0 cm³/mol. The number of anilines is 1. The first kappa shape index (κ1) is 10.1. The molecule has 0 aliphatic heterocycles. The minimum atomic E-state index is 0.493. The second-order valence-electron chi connectivity index (χ2n) is 3.45. The molecule has 0 saturated carbocycles. The van der Waals surface area contributed by atoms with Crippen LogP contribution in [0.1, 0.15) is 32.9 Å². The van der Waals surface area contributed by atoms with Crippen molar-refractivity contribution in [1.82, 2.24) is 9.55 Å². The summed E-state index contributed by atoms with van der Waals surface area (Å²) in [5.74, 6) is 0.995. The summed E-state index contributed by atoms with van der Waals surface area (Å²) in [6.07, 6.45) is 3.19. The Hall–Kier alpha value is -0.990. The van der Waals surface area contributed by atoms with Crippen LogP contribution in [0, 0.1) is 6.92 Å². The zero-order chi connectivity index (χ0) is 9.84. The van der Waals surface area contributed by atoms with Crippen LogP contribution in [0.3, 0.4) is 0 Å². The molecule has 1 N–H and O–H groups in total. The Kier molecular flexibility index (Phi) is 3.34. The molecule has 1 rings (SSSR count). The molecule has 0 bridgehead atoms. The van der Waals surface area contributed by atoms with Gasteiger partial charge in [0.25, 0.3) is 0 Å². The van der Waals surface area contributed by atoms with Crippen LogP contribution in [-0.2, 0) is 6.54 Å². The summed E-state index contributed by atoms with van der Waals surface area (Å²) in [5.41, 5.74) is 1.08. The van der Waals surface area contributed by atoms with Crippen molar-refractivity contribution in [2.24, 2.45) is 0 Å². The molecular formula is C10H19N3. The van der Waals surface area contributed by atoms with Gasteiger partial charge < -0.3 is 9.88 Å². The van der Waals surface area contributed by atoms with Crippen molar-refractivity contribution < 1.29 is 0 Å². The largest absolute Gasteiger partial charge is 0.353 e. The van der Waals surface area contributed by atoms with Crippen LogP contribution in [-0.4, -0.2) is 15.6 Å². The van der Waals surface area contributed by atoms with Crippen LogP contribution in [0.2, 0.25) is 0 Å². The molecule has 0 aliphatic rings. The molecule has 1 atom stereocenters. The number of nitrogens with one attached hydrogen (secondary N) is 1. The maximum absolute atomic E-state index is 4.42. The molecule has 1 unspecified atom stereocenters. The first-order valence-corrected chi connectivity index (χ1v) is 4.97. The number of rotatable bonds is 4. The van der Waals surface area contributed by atoms with Crippen LogP contribution in [0.5, 0.6) is 0 Å². The van der Waals surface area contributed by atoms with Crippen molar-refractivity contribution in [3.8, 4) is 0 Å². The van der Waals surface area contributed by atoms with E-state index in [0.717, 1.165) is 24.6 Å². The zero-order valence-corrected chi connectivity index (χ0v) is 8.96. The van der Waals surface area contributed by atoms with E-state index in [9.17, 15) is 0 Å². The molecule has 1 aromatic rings. The summed E-state index contributed by atoms with van der Waals surface area (Å²) in [6.45, 7) is 9.46. The number of aryl methyl sites for hydroxylation is 2. The maximum Gasteiger partial charge on any atom is 0.203 e. The van der Waals surface area contributed by atoms with E-state index in [0.29, 0.717) is 6.04 Å². The van der Waals surface area contributed by atoms with Gasteiger partial charge in [-0.25, -0.2) is 4.98 Å². The molecule has 1 aromatic heterocycles. The van der Waals surface area contributed by atoms with Crippen molar-refractivity contribution in [1.29, 1.82) is 0 Å². The topological polar surface area (TPSA) is 29.9 Å². The van der Waals surface area contributed by atoms with Crippen molar-refractivity contribution >= 4 is 5.95 Å². The van der Waals surface area contributed by atoms with Crippen LogP contribution in [0.15, 0.2) is 6.20 Å². The lowest BCUT2D eigenvalue weighted by Gasteiger charge is -2.12. The minimum absolute atomic E-state index is 0.493. The quantitative estimate of drug-likeness (QED) is 0.773. The molecule has 0 radical (unpaired) electrons. The molecule has 3 heteroatoms. The Labute approximate surface area is 80.2 Å². The third kappa shape index (κ3) is 2.47. The first-order chi connectivity index (χ1) is 6.17. The van der Waals surface area contributed by atoms with Gasteiger partial charge in [0.2, 0.25) is 5.95 Å². The lowest BCUT2D eigenvalue weighted by atomic mass is 10.3. The van der Waals surface area contributed by atoms with Gasteiger partial charge in [0.05, 0.1) is 5.69 Å². The second kappa shape index (κ2) is 4.30. The van der Waals surface area contributed by atoms with Crippen LogP contribution in [0.25, 0.3) is 0 Å². The Balaban J connectivity index is 2.74. The number of imidazole rings is 1. The molecule has 74 valence electrons. The molecule has 0 aromatic carbocycles. The fourth-order valence-electron chi connectivity index (χ4n) is 1.23. The molecular weight excluding hydrogens is 162 g/mol. The predicted octanol–water partition coefficient (Wildman–Crippen LogP) is 2.42. The zero-order valence-electron chi connectivity index (χ0n) is 8.96. The van der Waals surface area contributed by atoms with Crippen LogP contribution >= 0.6 is 0 Å². The van der Waals surface area contributed by atoms with Gasteiger partial charge in [0.1, 0.15) is 0 Å². The van der Waals surface area contributed by atoms with E-state index in [2.05, 4.69) is 41.8 Å². The normalized spacial score (nSPS) is 12.9. The fourth-order valence-corrected chi connectivity index (χ4v) is 1.23. The Morgan fingerprint density at radius 3 is 2.77 bits per heavy atom. The average molecular weight is 181 g/mol. The van der Waals surface area contributed by atoms with Crippen molar-refractivity contribution in [3.63, 3.8) is 0 Å². The standard InChI is InChI=1S/C10H19N3/c1-5-8(3)11-10-12-9(4)7-13(10)6-2/h7-8H,5-6H2,1-4H3,(H,11,12). The summed E-state index contributed by atoms with van der Waals surface area (Å²) >= 11 is 0. The Bertz CT molecular complexity index is 265. The number of nitrogens with zero attached hydrogens (tertiary/aromatic N) is 2. The Morgan fingerprint density at radius 1 is 1.54 bits per heavy atom. The lowest BCUT2D eigenvalue weighted by molar-refractivity contribution is 0.711. The van der Waals surface area contributed by atoms with Crippen molar-refractivity contribution in [2.45, 2.75) is 46.7 Å². The third-order valence-electron chi connectivity index (χ3n) is 2.23. The number of hydrogen-bond donors (Lipinski definition) is 1. The van der Waals surface area contributed by atoms with Gasteiger partial charge in [0, 0.05) is 18.8 Å². The summed E-state index contributed by atoms with van der Waals surface area (Å²) < 4.78 is 2.14. The van der Waals surface area contributed by atoms with Gasteiger partial charge in [0.15, 0.2) is 0 Å². The third-order valence-corrected chi connectivity index (χ3v) is 2.23. The highest BCUT2D eigenvalue weighted by Gasteiger charge is 2.05. The Morgan fingerprint density at radius 2 is 2.23 bits per heavy atom. The van der Waals surface area contributed by atoms with Crippen molar-refractivity contribution in [3.05, 3.63) is 11.9 Å². The van der Waals surface area contributed by atoms with Crippen LogP contribution < -0.4 is 5.32 Å². The van der Waals surface area contributed by atoms with E-state index in [1.165, 1.54) is 0 Å². The molecule has 0 aliphatic carbocycles. The van der Waals surface area contributed by atoms with Gasteiger partial charge in [-0.15, -0.1) is 0 Å². The van der Waals surface area contributed by atoms with Gasteiger partial charge in [-0.1, -0.05) is 6.92 Å². The van der Waals surface area contributed by atoms with E-state index in [1.807, 2.05) is 6.92 Å². The van der Waals surface area contributed by atoms with Gasteiger partial charge in [-0.3, -0.25) is 0 Å². The smallest absolute Gasteiger partial charge is 0.203 e. The maximum atomic E-state index is 4.42. The van der Waals surface area contributed by atoms with E-state index in [4.69, 9.17) is 0 Å². The molecule has 13 heavy (non-hydrogen) atoms. The summed E-state index contributed by atoms with van der Waals surface area (Å²) in [6, 6.07) is 0.493. The van der Waals surface area contributed by atoms with E-state index in [-0.39, 0.29) is 0 Å². The molecule has 0 spiro atoms. The molecule has 1 heterocycles. The number of aromatic nitrogens is 2. The average Bonchev–Trinajstić information content (AvgIpc) is 2.46. The highest BCUT2D eigenvalue weighted by atomic mass is 15.2. The molecule has 0 fully saturated rings. The second-order valence-corrected chi connectivity index (χ2v) is 3.45. The lowest BCUT2D eigenvalue weighted by Crippen LogP contribution is -2.16. The number of hydrogen-bond acceptors (Lipinski definition) is 2. The summed E-state index contributed by atoms with van der Waals surface area (Å²) in [5, 5.41) is 3.38. The monoisotopic (exact) mass is 181 g/mol. The minimum Gasteiger partial charge on any atom is -0.353 e. The SMILES string of the molecule is CCC(C)Nc1nc(C)cn1CC. The van der Waals surface area contributed by atoms with E-state index in [1.54, 1.807) is 0 Å². The van der Waals surface area contributed by atoms with Crippen molar-refractivity contribution in [2.75, 3.05) is 5.32 Å². The summed E-state index contributed by atoms with van der Waals surface area (Å²) in [7, 11) is 0. The molecule has 0 saturated heterocycles. The first-order valence-electron chi connectivity index (χ1n) is 4.97. The van der Waals surface area contributed by atoms with Gasteiger partial charge >= 0.3 is 0 Å². The summed E-state index contributed by atoms with van der Waals surface area (Å²) in [4.78, 5) is 4.42. The van der Waals surface area contributed by atoms with E-state index < -0.39 is 0 Å². The molecule has 3 nitrogen and oxygen atoms in total. The van der Waals surface area contributed by atoms with E-state index >= 15 is 0 Å². The fraction of sp³-hybridized carbons (Fsp3) is 0.700. The molecule has 0 amide bonds.